The third-order valence-corrected chi connectivity index (χ3v) is 1.51. The molecule has 1 aromatic heterocycles. The summed E-state index contributed by atoms with van der Waals surface area (Å²) in [7, 11) is 0. The average molecular weight is 199 g/mol. The standard InChI is InChI=1S/C11H9N3O/c1-9(15)13-7-3-6-10-4-2-5-11(8-12)14-10/h2,4-5H,7H2,1H3,(H,13,15). The highest BCUT2D eigenvalue weighted by molar-refractivity contribution is 5.73. The molecule has 1 heterocycles. The number of aromatic nitrogens is 1. The van der Waals surface area contributed by atoms with Crippen molar-refractivity contribution in [2.45, 2.75) is 6.92 Å². The Morgan fingerprint density at radius 3 is 2.93 bits per heavy atom. The van der Waals surface area contributed by atoms with Crippen LogP contribution in [0.3, 0.4) is 0 Å². The summed E-state index contributed by atoms with van der Waals surface area (Å²) in [5.41, 5.74) is 0.862. The van der Waals surface area contributed by atoms with Gasteiger partial charge in [0, 0.05) is 6.92 Å². The Kier molecular flexibility index (Phi) is 3.88. The molecule has 4 nitrogen and oxygen atoms in total. The van der Waals surface area contributed by atoms with Crippen LogP contribution in [0.2, 0.25) is 0 Å². The molecule has 0 unspecified atom stereocenters. The van der Waals surface area contributed by atoms with Crippen LogP contribution in [0, 0.1) is 23.2 Å². The van der Waals surface area contributed by atoms with Gasteiger partial charge in [0.15, 0.2) is 0 Å². The first-order chi connectivity index (χ1) is 7.22. The Labute approximate surface area is 87.9 Å². The summed E-state index contributed by atoms with van der Waals surface area (Å²) >= 11 is 0. The molecular weight excluding hydrogens is 190 g/mol. The van der Waals surface area contributed by atoms with Crippen molar-refractivity contribution in [2.24, 2.45) is 0 Å². The third kappa shape index (κ3) is 3.93. The van der Waals surface area contributed by atoms with Gasteiger partial charge in [-0.15, -0.1) is 0 Å². The van der Waals surface area contributed by atoms with Crippen molar-refractivity contribution < 1.29 is 4.79 Å². The minimum atomic E-state index is -0.122. The summed E-state index contributed by atoms with van der Waals surface area (Å²) < 4.78 is 0. The van der Waals surface area contributed by atoms with E-state index in [-0.39, 0.29) is 12.5 Å². The molecular formula is C11H9N3O. The summed E-state index contributed by atoms with van der Waals surface area (Å²) in [5, 5.41) is 11.1. The van der Waals surface area contributed by atoms with E-state index in [1.165, 1.54) is 6.92 Å². The van der Waals surface area contributed by atoms with Gasteiger partial charge in [0.1, 0.15) is 17.5 Å². The molecule has 1 amide bonds. The predicted octanol–water partition coefficient (Wildman–Crippen LogP) is 0.441. The zero-order valence-corrected chi connectivity index (χ0v) is 8.24. The van der Waals surface area contributed by atoms with Gasteiger partial charge in [0.05, 0.1) is 6.54 Å². The number of nitrogens with one attached hydrogen (secondary N) is 1. The fourth-order valence-corrected chi connectivity index (χ4v) is 0.870. The highest BCUT2D eigenvalue weighted by Crippen LogP contribution is 1.95. The number of carbonyl (C=O) groups is 1. The first kappa shape index (κ1) is 10.7. The highest BCUT2D eigenvalue weighted by atomic mass is 16.1. The third-order valence-electron chi connectivity index (χ3n) is 1.51. The van der Waals surface area contributed by atoms with Gasteiger partial charge < -0.3 is 5.32 Å². The van der Waals surface area contributed by atoms with Crippen LogP contribution < -0.4 is 5.32 Å². The van der Waals surface area contributed by atoms with E-state index in [0.29, 0.717) is 11.4 Å². The van der Waals surface area contributed by atoms with Crippen LogP contribution in [0.15, 0.2) is 18.2 Å². The number of nitriles is 1. The summed E-state index contributed by atoms with van der Waals surface area (Å²) in [6.07, 6.45) is 0. The van der Waals surface area contributed by atoms with Crippen LogP contribution in [0.25, 0.3) is 0 Å². The summed E-state index contributed by atoms with van der Waals surface area (Å²) in [6, 6.07) is 6.96. The Bertz CT molecular complexity index is 463. The number of hydrogen-bond acceptors (Lipinski definition) is 3. The number of nitrogens with zero attached hydrogens (tertiary/aromatic N) is 2. The van der Waals surface area contributed by atoms with Crippen molar-refractivity contribution in [3.05, 3.63) is 29.6 Å². The van der Waals surface area contributed by atoms with Gasteiger partial charge in [-0.3, -0.25) is 4.79 Å². The van der Waals surface area contributed by atoms with Gasteiger partial charge in [0.2, 0.25) is 5.91 Å². The molecule has 0 radical (unpaired) electrons. The van der Waals surface area contributed by atoms with Crippen molar-refractivity contribution in [3.8, 4) is 17.9 Å². The van der Waals surface area contributed by atoms with E-state index in [1.807, 2.05) is 6.07 Å². The predicted molar refractivity (Wildman–Crippen MR) is 54.5 cm³/mol. The van der Waals surface area contributed by atoms with E-state index in [0.717, 1.165) is 0 Å². The minimum absolute atomic E-state index is 0.122. The maximum Gasteiger partial charge on any atom is 0.217 e. The average Bonchev–Trinajstić information content (AvgIpc) is 2.24. The zero-order chi connectivity index (χ0) is 11.1. The van der Waals surface area contributed by atoms with Crippen LogP contribution in [0.4, 0.5) is 0 Å². The molecule has 0 bridgehead atoms. The molecule has 1 aromatic rings. The monoisotopic (exact) mass is 199 g/mol. The van der Waals surface area contributed by atoms with Crippen LogP contribution in [-0.4, -0.2) is 17.4 Å². The molecule has 1 rings (SSSR count). The summed E-state index contributed by atoms with van der Waals surface area (Å²) in [6.45, 7) is 1.71. The van der Waals surface area contributed by atoms with Crippen LogP contribution in [0.1, 0.15) is 18.3 Å². The number of carbonyl (C=O) groups excluding carboxylic acids is 1. The smallest absolute Gasteiger partial charge is 0.217 e. The molecule has 0 saturated heterocycles. The fourth-order valence-electron chi connectivity index (χ4n) is 0.870. The lowest BCUT2D eigenvalue weighted by Gasteiger charge is -1.92. The van der Waals surface area contributed by atoms with E-state index in [2.05, 4.69) is 22.1 Å². The second-order valence-electron chi connectivity index (χ2n) is 2.73. The maximum atomic E-state index is 10.5. The molecule has 0 aliphatic carbocycles. The van der Waals surface area contributed by atoms with E-state index < -0.39 is 0 Å². The number of pyridine rings is 1. The Balaban J connectivity index is 2.64. The van der Waals surface area contributed by atoms with Gasteiger partial charge in [-0.2, -0.15) is 5.26 Å². The summed E-state index contributed by atoms with van der Waals surface area (Å²) in [5.74, 6) is 5.36. The molecule has 0 atom stereocenters. The Morgan fingerprint density at radius 1 is 1.53 bits per heavy atom. The first-order valence-electron chi connectivity index (χ1n) is 4.33. The Hall–Kier alpha value is -2.33. The molecule has 0 fully saturated rings. The van der Waals surface area contributed by atoms with E-state index >= 15 is 0 Å². The van der Waals surface area contributed by atoms with Crippen molar-refractivity contribution in [1.29, 1.82) is 5.26 Å². The van der Waals surface area contributed by atoms with Gasteiger partial charge in [0.25, 0.3) is 0 Å². The molecule has 0 aliphatic heterocycles. The minimum Gasteiger partial charge on any atom is -0.345 e. The lowest BCUT2D eigenvalue weighted by molar-refractivity contribution is -0.118. The molecule has 15 heavy (non-hydrogen) atoms. The topological polar surface area (TPSA) is 65.8 Å². The first-order valence-corrected chi connectivity index (χ1v) is 4.33. The zero-order valence-electron chi connectivity index (χ0n) is 8.24. The second-order valence-corrected chi connectivity index (χ2v) is 2.73. The van der Waals surface area contributed by atoms with E-state index in [9.17, 15) is 4.79 Å². The lowest BCUT2D eigenvalue weighted by atomic mass is 10.3. The molecule has 0 aromatic carbocycles. The molecule has 0 aliphatic rings. The van der Waals surface area contributed by atoms with Crippen molar-refractivity contribution in [1.82, 2.24) is 10.3 Å². The molecule has 74 valence electrons. The van der Waals surface area contributed by atoms with E-state index in [4.69, 9.17) is 5.26 Å². The number of amides is 1. The summed E-state index contributed by atoms with van der Waals surface area (Å²) in [4.78, 5) is 14.5. The molecule has 1 N–H and O–H groups in total. The molecule has 4 heteroatoms. The van der Waals surface area contributed by atoms with Crippen LogP contribution in [-0.2, 0) is 4.79 Å². The van der Waals surface area contributed by atoms with Gasteiger partial charge in [-0.1, -0.05) is 12.0 Å². The molecule has 0 spiro atoms. The van der Waals surface area contributed by atoms with Gasteiger partial charge in [-0.25, -0.2) is 4.98 Å². The second kappa shape index (κ2) is 5.41. The van der Waals surface area contributed by atoms with Crippen molar-refractivity contribution in [2.75, 3.05) is 6.54 Å². The normalized spacial score (nSPS) is 8.27. The van der Waals surface area contributed by atoms with E-state index in [1.54, 1.807) is 18.2 Å². The van der Waals surface area contributed by atoms with Crippen molar-refractivity contribution in [3.63, 3.8) is 0 Å². The largest absolute Gasteiger partial charge is 0.345 e. The van der Waals surface area contributed by atoms with Crippen LogP contribution in [0.5, 0.6) is 0 Å². The molecule has 0 saturated carbocycles. The lowest BCUT2D eigenvalue weighted by Crippen LogP contribution is -2.19. The van der Waals surface area contributed by atoms with Crippen molar-refractivity contribution >= 4 is 5.91 Å². The van der Waals surface area contributed by atoms with Crippen LogP contribution >= 0.6 is 0 Å². The number of hydrogen-bond donors (Lipinski definition) is 1. The quantitative estimate of drug-likeness (QED) is 0.667. The highest BCUT2D eigenvalue weighted by Gasteiger charge is 1.91. The Morgan fingerprint density at radius 2 is 2.27 bits per heavy atom. The SMILES string of the molecule is CC(=O)NCC#Cc1cccc(C#N)n1. The number of rotatable bonds is 1. The van der Waals surface area contributed by atoms with Gasteiger partial charge >= 0.3 is 0 Å². The van der Waals surface area contributed by atoms with Gasteiger partial charge in [-0.05, 0) is 18.1 Å². The maximum absolute atomic E-state index is 10.5. The fraction of sp³-hybridized carbons (Fsp3) is 0.182.